The van der Waals surface area contributed by atoms with Gasteiger partial charge in [-0.15, -0.1) is 0 Å². The van der Waals surface area contributed by atoms with Gasteiger partial charge in [-0.25, -0.2) is 13.6 Å². The molecule has 0 spiro atoms. The van der Waals surface area contributed by atoms with Crippen molar-refractivity contribution in [2.24, 2.45) is 0 Å². The molecule has 0 saturated carbocycles. The fraction of sp³-hybridized carbons (Fsp3) is 0.0909. The van der Waals surface area contributed by atoms with Gasteiger partial charge in [-0.2, -0.15) is 0 Å². The van der Waals surface area contributed by atoms with E-state index in [2.05, 4.69) is 4.74 Å². The molecule has 6 nitrogen and oxygen atoms in total. The molecule has 0 atom stereocenters. The normalized spacial score (nSPS) is 13.1. The Hall–Kier alpha value is -2.64. The van der Waals surface area contributed by atoms with E-state index in [9.17, 15) is 18.4 Å². The lowest BCUT2D eigenvalue weighted by Crippen LogP contribution is -2.35. The van der Waals surface area contributed by atoms with Gasteiger partial charge >= 0.3 is 6.03 Å². The van der Waals surface area contributed by atoms with Crippen LogP contribution in [0.2, 0.25) is 0 Å². The summed E-state index contributed by atoms with van der Waals surface area (Å²) in [4.78, 5) is 22.8. The van der Waals surface area contributed by atoms with Gasteiger partial charge in [0.15, 0.2) is 11.6 Å². The molecule has 1 aliphatic rings. The maximum atomic E-state index is 13.2. The third-order valence-corrected chi connectivity index (χ3v) is 2.12. The number of imide groups is 1. The van der Waals surface area contributed by atoms with Crippen LogP contribution in [-0.2, 0) is 14.3 Å². The second-order valence-electron chi connectivity index (χ2n) is 3.42. The second-order valence-corrected chi connectivity index (χ2v) is 3.42. The van der Waals surface area contributed by atoms with E-state index in [0.29, 0.717) is 0 Å². The first kappa shape index (κ1) is 12.8. The number of hydrogen-bond acceptors (Lipinski definition) is 4. The summed E-state index contributed by atoms with van der Waals surface area (Å²) in [6.07, 6.45) is 1.03. The quantitative estimate of drug-likeness (QED) is 0.853. The van der Waals surface area contributed by atoms with Crippen molar-refractivity contribution in [1.29, 1.82) is 0 Å². The van der Waals surface area contributed by atoms with E-state index in [4.69, 9.17) is 4.74 Å². The third-order valence-electron chi connectivity index (χ3n) is 2.12. The minimum atomic E-state index is -1.22. The SMILES string of the molecule is O=C(NC(=O)C1=COCO1)Nc1cccc(F)c1F. The summed E-state index contributed by atoms with van der Waals surface area (Å²) in [6.45, 7) is -0.122. The molecule has 19 heavy (non-hydrogen) atoms. The van der Waals surface area contributed by atoms with Crippen molar-refractivity contribution in [3.05, 3.63) is 41.9 Å². The number of anilines is 1. The standard InChI is InChI=1S/C11H8F2N2O4/c12-6-2-1-3-7(9(6)13)14-11(17)15-10(16)8-4-18-5-19-8/h1-4H,5H2,(H2,14,15,16,17). The Balaban J connectivity index is 1.98. The summed E-state index contributed by atoms with van der Waals surface area (Å²) in [7, 11) is 0. The van der Waals surface area contributed by atoms with Crippen LogP contribution in [0.4, 0.5) is 19.3 Å². The molecular formula is C11H8F2N2O4. The first-order valence-corrected chi connectivity index (χ1v) is 5.09. The lowest BCUT2D eigenvalue weighted by molar-refractivity contribution is -0.119. The van der Waals surface area contributed by atoms with E-state index in [1.54, 1.807) is 0 Å². The lowest BCUT2D eigenvalue weighted by Gasteiger charge is -2.07. The largest absolute Gasteiger partial charge is 0.461 e. The molecule has 2 N–H and O–H groups in total. The summed E-state index contributed by atoms with van der Waals surface area (Å²) < 4.78 is 35.5. The fourth-order valence-corrected chi connectivity index (χ4v) is 1.28. The average molecular weight is 270 g/mol. The molecule has 0 aliphatic carbocycles. The third kappa shape index (κ3) is 2.97. The molecule has 3 amide bonds. The van der Waals surface area contributed by atoms with Crippen molar-refractivity contribution in [3.63, 3.8) is 0 Å². The van der Waals surface area contributed by atoms with E-state index in [0.717, 1.165) is 18.4 Å². The van der Waals surface area contributed by atoms with Gasteiger partial charge in [0.25, 0.3) is 5.91 Å². The molecular weight excluding hydrogens is 262 g/mol. The zero-order valence-corrected chi connectivity index (χ0v) is 9.41. The first-order chi connectivity index (χ1) is 9.08. The second kappa shape index (κ2) is 5.34. The van der Waals surface area contributed by atoms with Gasteiger partial charge in [-0.3, -0.25) is 10.1 Å². The van der Waals surface area contributed by atoms with Gasteiger partial charge in [0.2, 0.25) is 12.6 Å². The van der Waals surface area contributed by atoms with Crippen molar-refractivity contribution in [1.82, 2.24) is 5.32 Å². The number of hydrogen-bond donors (Lipinski definition) is 2. The topological polar surface area (TPSA) is 76.7 Å². The smallest absolute Gasteiger partial charge is 0.326 e. The van der Waals surface area contributed by atoms with Crippen LogP contribution in [0.3, 0.4) is 0 Å². The van der Waals surface area contributed by atoms with Gasteiger partial charge in [-0.05, 0) is 12.1 Å². The van der Waals surface area contributed by atoms with Crippen molar-refractivity contribution in [2.75, 3.05) is 12.1 Å². The molecule has 2 rings (SSSR count). The van der Waals surface area contributed by atoms with E-state index < -0.39 is 23.6 Å². The number of carbonyl (C=O) groups excluding carboxylic acids is 2. The molecule has 0 saturated heterocycles. The molecule has 1 aromatic carbocycles. The highest BCUT2D eigenvalue weighted by molar-refractivity contribution is 6.06. The van der Waals surface area contributed by atoms with Crippen molar-refractivity contribution < 1.29 is 27.8 Å². The van der Waals surface area contributed by atoms with Crippen molar-refractivity contribution >= 4 is 17.6 Å². The summed E-state index contributed by atoms with van der Waals surface area (Å²) in [5, 5.41) is 3.86. The zero-order valence-electron chi connectivity index (χ0n) is 9.41. The van der Waals surface area contributed by atoms with E-state index >= 15 is 0 Å². The molecule has 0 fully saturated rings. The Labute approximate surface area is 106 Å². The highest BCUT2D eigenvalue weighted by atomic mass is 19.2. The average Bonchev–Trinajstić information content (AvgIpc) is 2.88. The highest BCUT2D eigenvalue weighted by Crippen LogP contribution is 2.16. The van der Waals surface area contributed by atoms with Crippen LogP contribution in [0.5, 0.6) is 0 Å². The van der Waals surface area contributed by atoms with Gasteiger partial charge in [0.1, 0.15) is 6.26 Å². The highest BCUT2D eigenvalue weighted by Gasteiger charge is 2.19. The molecule has 100 valence electrons. The summed E-state index contributed by atoms with van der Waals surface area (Å²) >= 11 is 0. The Morgan fingerprint density at radius 3 is 2.74 bits per heavy atom. The molecule has 1 aromatic rings. The fourth-order valence-electron chi connectivity index (χ4n) is 1.28. The van der Waals surface area contributed by atoms with Crippen LogP contribution >= 0.6 is 0 Å². The van der Waals surface area contributed by atoms with Crippen LogP contribution in [0, 0.1) is 11.6 Å². The number of benzene rings is 1. The van der Waals surface area contributed by atoms with Crippen LogP contribution in [0.1, 0.15) is 0 Å². The van der Waals surface area contributed by atoms with E-state index in [1.165, 1.54) is 6.07 Å². The Morgan fingerprint density at radius 1 is 1.26 bits per heavy atom. The Kier molecular flexibility index (Phi) is 3.60. The number of nitrogens with one attached hydrogen (secondary N) is 2. The van der Waals surface area contributed by atoms with Crippen LogP contribution in [0.25, 0.3) is 0 Å². The Morgan fingerprint density at radius 2 is 2.05 bits per heavy atom. The van der Waals surface area contributed by atoms with Crippen molar-refractivity contribution in [2.45, 2.75) is 0 Å². The summed E-state index contributed by atoms with van der Waals surface area (Å²) in [5.41, 5.74) is -0.386. The summed E-state index contributed by atoms with van der Waals surface area (Å²) in [5.74, 6) is -3.37. The molecule has 0 aromatic heterocycles. The van der Waals surface area contributed by atoms with Crippen LogP contribution in [0.15, 0.2) is 30.2 Å². The van der Waals surface area contributed by atoms with Crippen LogP contribution < -0.4 is 10.6 Å². The number of urea groups is 1. The molecule has 0 unspecified atom stereocenters. The molecule has 0 bridgehead atoms. The van der Waals surface area contributed by atoms with Crippen molar-refractivity contribution in [3.8, 4) is 0 Å². The number of rotatable bonds is 2. The van der Waals surface area contributed by atoms with Gasteiger partial charge in [0, 0.05) is 0 Å². The molecule has 0 radical (unpaired) electrons. The predicted molar refractivity (Wildman–Crippen MR) is 58.6 cm³/mol. The monoisotopic (exact) mass is 270 g/mol. The molecule has 1 aliphatic heterocycles. The van der Waals surface area contributed by atoms with E-state index in [1.807, 2.05) is 10.6 Å². The number of halogens is 2. The predicted octanol–water partition coefficient (Wildman–Crippen LogP) is 1.46. The zero-order chi connectivity index (χ0) is 13.8. The lowest BCUT2D eigenvalue weighted by atomic mass is 10.3. The van der Waals surface area contributed by atoms with Gasteiger partial charge in [0.05, 0.1) is 5.69 Å². The number of amides is 3. The minimum Gasteiger partial charge on any atom is -0.461 e. The summed E-state index contributed by atoms with van der Waals surface area (Å²) in [6, 6.07) is 2.24. The number of carbonyl (C=O) groups is 2. The maximum absolute atomic E-state index is 13.2. The van der Waals surface area contributed by atoms with Gasteiger partial charge in [-0.1, -0.05) is 6.07 Å². The number of ether oxygens (including phenoxy) is 2. The van der Waals surface area contributed by atoms with Gasteiger partial charge < -0.3 is 14.8 Å². The Bertz CT molecular complexity index is 560. The molecule has 8 heteroatoms. The maximum Gasteiger partial charge on any atom is 0.326 e. The first-order valence-electron chi connectivity index (χ1n) is 5.09. The minimum absolute atomic E-state index is 0.122. The van der Waals surface area contributed by atoms with Crippen LogP contribution in [-0.4, -0.2) is 18.7 Å². The molecule has 1 heterocycles. The van der Waals surface area contributed by atoms with E-state index in [-0.39, 0.29) is 18.2 Å².